The first kappa shape index (κ1) is 19.9. The number of hydrogen-bond acceptors (Lipinski definition) is 11. The molecule has 0 radical (unpaired) electrons. The fraction of sp³-hybridized carbons (Fsp3) is 0.105. The number of rotatable bonds is 8. The van der Waals surface area contributed by atoms with Crippen molar-refractivity contribution >= 4 is 51.5 Å². The van der Waals surface area contributed by atoms with Crippen LogP contribution in [0.15, 0.2) is 58.9 Å². The van der Waals surface area contributed by atoms with E-state index in [9.17, 15) is 0 Å². The largest absolute Gasteiger partial charge is 0.497 e. The summed E-state index contributed by atoms with van der Waals surface area (Å²) in [6, 6.07) is 17.2. The van der Waals surface area contributed by atoms with Crippen LogP contribution < -0.4 is 21.1 Å². The maximum Gasteiger partial charge on any atom is 0.232 e. The molecule has 2 heterocycles. The maximum absolute atomic E-state index is 5.84. The molecule has 4 N–H and O–H groups in total. The fourth-order valence-corrected chi connectivity index (χ4v) is 4.08. The van der Waals surface area contributed by atoms with Crippen molar-refractivity contribution in [3.63, 3.8) is 0 Å². The van der Waals surface area contributed by atoms with Crippen LogP contribution in [0.5, 0.6) is 5.75 Å². The van der Waals surface area contributed by atoms with Crippen molar-refractivity contribution in [1.82, 2.24) is 25.1 Å². The van der Waals surface area contributed by atoms with Crippen LogP contribution in [0.25, 0.3) is 0 Å². The standard InChI is InChI=1S/C19H18N8OS2/c1-28-14-9-7-13(8-10-14)22-18-26-27-19(30-18)29-11-15-23-16(20)25-17(24-15)21-12-5-3-2-4-6-12/h2-10H,11H2,1H3,(H,22,26)(H3,20,21,23,24,25). The first-order valence-corrected chi connectivity index (χ1v) is 10.7. The lowest BCUT2D eigenvalue weighted by Crippen LogP contribution is -2.06. The second kappa shape index (κ2) is 9.37. The van der Waals surface area contributed by atoms with Gasteiger partial charge in [-0.05, 0) is 36.4 Å². The number of methoxy groups -OCH3 is 1. The van der Waals surface area contributed by atoms with Crippen LogP contribution in [0.1, 0.15) is 5.82 Å². The van der Waals surface area contributed by atoms with Crippen molar-refractivity contribution in [2.75, 3.05) is 23.5 Å². The monoisotopic (exact) mass is 438 g/mol. The molecule has 30 heavy (non-hydrogen) atoms. The van der Waals surface area contributed by atoms with Gasteiger partial charge in [0.1, 0.15) is 11.6 Å². The molecule has 0 atom stereocenters. The lowest BCUT2D eigenvalue weighted by molar-refractivity contribution is 0.415. The van der Waals surface area contributed by atoms with E-state index in [0.717, 1.165) is 21.5 Å². The van der Waals surface area contributed by atoms with Crippen molar-refractivity contribution in [3.05, 3.63) is 60.4 Å². The second-order valence-corrected chi connectivity index (χ2v) is 8.14. The Morgan fingerprint density at radius 2 is 1.70 bits per heavy atom. The van der Waals surface area contributed by atoms with Crippen molar-refractivity contribution in [2.45, 2.75) is 10.1 Å². The van der Waals surface area contributed by atoms with E-state index in [1.807, 2.05) is 54.6 Å². The van der Waals surface area contributed by atoms with Crippen LogP contribution in [0.3, 0.4) is 0 Å². The Morgan fingerprint density at radius 1 is 0.933 bits per heavy atom. The number of benzene rings is 2. The third kappa shape index (κ3) is 5.33. The highest BCUT2D eigenvalue weighted by Crippen LogP contribution is 2.30. The van der Waals surface area contributed by atoms with Crippen LogP contribution >= 0.6 is 23.1 Å². The smallest absolute Gasteiger partial charge is 0.232 e. The van der Waals surface area contributed by atoms with Gasteiger partial charge >= 0.3 is 0 Å². The average Bonchev–Trinajstić information content (AvgIpc) is 3.20. The minimum absolute atomic E-state index is 0.165. The average molecular weight is 439 g/mol. The quantitative estimate of drug-likeness (QED) is 0.346. The summed E-state index contributed by atoms with van der Waals surface area (Å²) in [6.07, 6.45) is 0. The van der Waals surface area contributed by atoms with Gasteiger partial charge in [0.15, 0.2) is 4.34 Å². The zero-order valence-electron chi connectivity index (χ0n) is 15.9. The van der Waals surface area contributed by atoms with E-state index in [1.54, 1.807) is 7.11 Å². The predicted octanol–water partition coefficient (Wildman–Crippen LogP) is 4.09. The van der Waals surface area contributed by atoms with Gasteiger partial charge in [-0.2, -0.15) is 15.0 Å². The van der Waals surface area contributed by atoms with Gasteiger partial charge in [0.05, 0.1) is 12.9 Å². The molecule has 0 unspecified atom stereocenters. The summed E-state index contributed by atoms with van der Waals surface area (Å²) >= 11 is 2.93. The Hall–Kier alpha value is -3.44. The number of nitrogens with one attached hydrogen (secondary N) is 2. The SMILES string of the molecule is COc1ccc(Nc2nnc(SCc3nc(N)nc(Nc4ccccc4)n3)s2)cc1. The van der Waals surface area contributed by atoms with Crippen molar-refractivity contribution < 1.29 is 4.74 Å². The van der Waals surface area contributed by atoms with Crippen molar-refractivity contribution in [2.24, 2.45) is 0 Å². The molecule has 2 aromatic carbocycles. The minimum Gasteiger partial charge on any atom is -0.497 e. The van der Waals surface area contributed by atoms with E-state index in [0.29, 0.717) is 22.7 Å². The van der Waals surface area contributed by atoms with Gasteiger partial charge in [0.2, 0.25) is 17.0 Å². The molecule has 9 nitrogen and oxygen atoms in total. The normalized spacial score (nSPS) is 10.6. The van der Waals surface area contributed by atoms with Crippen LogP contribution in [0.4, 0.5) is 28.4 Å². The molecule has 0 spiro atoms. The molecule has 0 saturated heterocycles. The molecule has 0 saturated carbocycles. The minimum atomic E-state index is 0.165. The van der Waals surface area contributed by atoms with Gasteiger partial charge in [0.25, 0.3) is 0 Å². The van der Waals surface area contributed by atoms with E-state index in [4.69, 9.17) is 10.5 Å². The number of nitrogens with two attached hydrogens (primary N) is 1. The van der Waals surface area contributed by atoms with Gasteiger partial charge in [-0.25, -0.2) is 0 Å². The first-order chi connectivity index (χ1) is 14.7. The number of thioether (sulfide) groups is 1. The summed E-state index contributed by atoms with van der Waals surface area (Å²) in [5.41, 5.74) is 7.62. The molecule has 0 aliphatic heterocycles. The zero-order valence-corrected chi connectivity index (χ0v) is 17.6. The van der Waals surface area contributed by atoms with Crippen LogP contribution in [0.2, 0.25) is 0 Å². The number of nitrogens with zero attached hydrogens (tertiary/aromatic N) is 5. The maximum atomic E-state index is 5.84. The van der Waals surface area contributed by atoms with Gasteiger partial charge < -0.3 is 21.1 Å². The highest BCUT2D eigenvalue weighted by molar-refractivity contribution is 8.00. The van der Waals surface area contributed by atoms with Gasteiger partial charge in [-0.1, -0.05) is 41.3 Å². The summed E-state index contributed by atoms with van der Waals surface area (Å²) in [5, 5.41) is 15.4. The van der Waals surface area contributed by atoms with E-state index in [-0.39, 0.29) is 5.95 Å². The Kier molecular flexibility index (Phi) is 6.20. The molecule has 152 valence electrons. The number of aromatic nitrogens is 5. The molecule has 0 fully saturated rings. The molecular formula is C19H18N8OS2. The van der Waals surface area contributed by atoms with Crippen LogP contribution in [0, 0.1) is 0 Å². The lowest BCUT2D eigenvalue weighted by atomic mass is 10.3. The molecule has 0 aliphatic rings. The predicted molar refractivity (Wildman–Crippen MR) is 120 cm³/mol. The Labute approximate surface area is 181 Å². The third-order valence-electron chi connectivity index (χ3n) is 3.80. The van der Waals surface area contributed by atoms with Crippen molar-refractivity contribution in [3.8, 4) is 5.75 Å². The van der Waals surface area contributed by atoms with E-state index >= 15 is 0 Å². The Bertz CT molecular complexity index is 1110. The van der Waals surface area contributed by atoms with E-state index < -0.39 is 0 Å². The molecule has 2 aromatic heterocycles. The molecule has 0 aliphatic carbocycles. The molecule has 4 aromatic rings. The van der Waals surface area contributed by atoms with Crippen molar-refractivity contribution in [1.29, 1.82) is 0 Å². The van der Waals surface area contributed by atoms with E-state index in [1.165, 1.54) is 23.1 Å². The van der Waals surface area contributed by atoms with Crippen LogP contribution in [-0.4, -0.2) is 32.3 Å². The number of hydrogen-bond donors (Lipinski definition) is 3. The lowest BCUT2D eigenvalue weighted by Gasteiger charge is -2.06. The fourth-order valence-electron chi connectivity index (χ4n) is 2.45. The highest BCUT2D eigenvalue weighted by Gasteiger charge is 2.09. The van der Waals surface area contributed by atoms with E-state index in [2.05, 4.69) is 35.8 Å². The number of nitrogen functional groups attached to an aromatic ring is 1. The molecule has 4 rings (SSSR count). The van der Waals surface area contributed by atoms with Gasteiger partial charge in [0, 0.05) is 11.4 Å². The van der Waals surface area contributed by atoms with Gasteiger partial charge in [-0.3, -0.25) is 0 Å². The highest BCUT2D eigenvalue weighted by atomic mass is 32.2. The second-order valence-electron chi connectivity index (χ2n) is 5.94. The van der Waals surface area contributed by atoms with Crippen LogP contribution in [-0.2, 0) is 5.75 Å². The topological polar surface area (TPSA) is 124 Å². The number of ether oxygens (including phenoxy) is 1. The molecular weight excluding hydrogens is 420 g/mol. The molecule has 0 amide bonds. The summed E-state index contributed by atoms with van der Waals surface area (Å²) in [4.78, 5) is 12.8. The third-order valence-corrected chi connectivity index (χ3v) is 5.77. The molecule has 0 bridgehead atoms. The Balaban J connectivity index is 1.37. The number of anilines is 5. The number of para-hydroxylation sites is 1. The Morgan fingerprint density at radius 3 is 2.47 bits per heavy atom. The summed E-state index contributed by atoms with van der Waals surface area (Å²) in [5.74, 6) is 2.42. The summed E-state index contributed by atoms with van der Waals surface area (Å²) in [7, 11) is 1.64. The summed E-state index contributed by atoms with van der Waals surface area (Å²) in [6.45, 7) is 0. The molecule has 11 heteroatoms. The first-order valence-electron chi connectivity index (χ1n) is 8.88. The van der Waals surface area contributed by atoms with Gasteiger partial charge in [-0.15, -0.1) is 10.2 Å². The summed E-state index contributed by atoms with van der Waals surface area (Å²) < 4.78 is 5.96. The zero-order chi connectivity index (χ0) is 20.8.